The molecule has 0 radical (unpaired) electrons. The van der Waals surface area contributed by atoms with E-state index in [2.05, 4.69) is 33.2 Å². The van der Waals surface area contributed by atoms with Gasteiger partial charge in [-0.3, -0.25) is 4.79 Å². The minimum absolute atomic E-state index is 0. The zero-order chi connectivity index (χ0) is 12.3. The molecule has 1 saturated heterocycles. The topological polar surface area (TPSA) is 66.9 Å². The quantitative estimate of drug-likeness (QED) is 0.885. The summed E-state index contributed by atoms with van der Waals surface area (Å²) in [4.78, 5) is 11.7. The molecule has 1 atom stereocenters. The van der Waals surface area contributed by atoms with Gasteiger partial charge in [0.1, 0.15) is 0 Å². The molecule has 2 N–H and O–H groups in total. The molecular formula is C11H19ClN4OS. The molecular weight excluding hydrogens is 272 g/mol. The second-order valence-electron chi connectivity index (χ2n) is 5.10. The van der Waals surface area contributed by atoms with Crippen molar-refractivity contribution in [2.24, 2.45) is 5.41 Å². The van der Waals surface area contributed by atoms with Gasteiger partial charge in [-0.05, 0) is 24.8 Å². The third-order valence-corrected chi connectivity index (χ3v) is 3.87. The van der Waals surface area contributed by atoms with E-state index < -0.39 is 0 Å². The van der Waals surface area contributed by atoms with E-state index in [4.69, 9.17) is 0 Å². The SMILES string of the molecule is CC1(C)CCCNC1CNC(=O)c1cnsn1.Cl. The summed E-state index contributed by atoms with van der Waals surface area (Å²) in [6.45, 7) is 6.15. The third kappa shape index (κ3) is 3.63. The molecule has 0 aliphatic carbocycles. The van der Waals surface area contributed by atoms with Crippen LogP contribution < -0.4 is 10.6 Å². The van der Waals surface area contributed by atoms with Crippen LogP contribution in [0, 0.1) is 5.41 Å². The van der Waals surface area contributed by atoms with Crippen LogP contribution in [-0.2, 0) is 0 Å². The summed E-state index contributed by atoms with van der Waals surface area (Å²) in [5, 5.41) is 6.37. The van der Waals surface area contributed by atoms with E-state index >= 15 is 0 Å². The Balaban J connectivity index is 0.00000162. The second-order valence-corrected chi connectivity index (χ2v) is 5.66. The maximum absolute atomic E-state index is 11.7. The van der Waals surface area contributed by atoms with Gasteiger partial charge in [0.15, 0.2) is 5.69 Å². The van der Waals surface area contributed by atoms with Crippen LogP contribution in [-0.4, -0.2) is 33.8 Å². The first-order chi connectivity index (χ1) is 8.09. The van der Waals surface area contributed by atoms with Gasteiger partial charge < -0.3 is 10.6 Å². The lowest BCUT2D eigenvalue weighted by Crippen LogP contribution is -2.52. The van der Waals surface area contributed by atoms with E-state index in [1.807, 2.05) is 0 Å². The van der Waals surface area contributed by atoms with Gasteiger partial charge in [0, 0.05) is 12.6 Å². The molecule has 102 valence electrons. The summed E-state index contributed by atoms with van der Waals surface area (Å²) in [6, 6.07) is 0.326. The van der Waals surface area contributed by atoms with Gasteiger partial charge >= 0.3 is 0 Å². The Morgan fingerprint density at radius 3 is 3.06 bits per heavy atom. The third-order valence-electron chi connectivity index (χ3n) is 3.39. The highest BCUT2D eigenvalue weighted by atomic mass is 35.5. The second kappa shape index (κ2) is 6.45. The number of nitrogens with zero attached hydrogens (tertiary/aromatic N) is 2. The molecule has 0 bridgehead atoms. The number of rotatable bonds is 3. The van der Waals surface area contributed by atoms with Crippen LogP contribution in [0.15, 0.2) is 6.20 Å². The van der Waals surface area contributed by atoms with Crippen molar-refractivity contribution in [3.63, 3.8) is 0 Å². The normalized spacial score (nSPS) is 22.0. The standard InChI is InChI=1S/C11H18N4OS.ClH/c1-11(2)4-3-5-12-9(11)7-13-10(16)8-6-14-17-15-8;/h6,9,12H,3-5,7H2,1-2H3,(H,13,16);1H. The minimum atomic E-state index is -0.137. The molecule has 1 amide bonds. The van der Waals surface area contributed by atoms with E-state index in [0.717, 1.165) is 18.3 Å². The molecule has 18 heavy (non-hydrogen) atoms. The lowest BCUT2D eigenvalue weighted by Gasteiger charge is -2.39. The van der Waals surface area contributed by atoms with Gasteiger partial charge in [0.2, 0.25) is 0 Å². The first-order valence-electron chi connectivity index (χ1n) is 5.89. The highest BCUT2D eigenvalue weighted by Gasteiger charge is 2.32. The van der Waals surface area contributed by atoms with E-state index in [1.54, 1.807) is 0 Å². The minimum Gasteiger partial charge on any atom is -0.349 e. The van der Waals surface area contributed by atoms with Crippen molar-refractivity contribution >= 4 is 30.0 Å². The van der Waals surface area contributed by atoms with Crippen molar-refractivity contribution in [1.82, 2.24) is 19.4 Å². The number of hydrogen-bond donors (Lipinski definition) is 2. The maximum atomic E-state index is 11.7. The average molecular weight is 291 g/mol. The molecule has 0 aromatic carbocycles. The fraction of sp³-hybridized carbons (Fsp3) is 0.727. The van der Waals surface area contributed by atoms with Crippen molar-refractivity contribution in [3.8, 4) is 0 Å². The lowest BCUT2D eigenvalue weighted by atomic mass is 9.77. The van der Waals surface area contributed by atoms with Gasteiger partial charge in [0.25, 0.3) is 5.91 Å². The highest BCUT2D eigenvalue weighted by molar-refractivity contribution is 6.99. The molecule has 0 saturated carbocycles. The zero-order valence-corrected chi connectivity index (χ0v) is 12.2. The predicted molar refractivity (Wildman–Crippen MR) is 74.3 cm³/mol. The molecule has 1 aromatic rings. The van der Waals surface area contributed by atoms with Crippen molar-refractivity contribution in [2.75, 3.05) is 13.1 Å². The molecule has 7 heteroatoms. The van der Waals surface area contributed by atoms with Crippen LogP contribution in [0.1, 0.15) is 37.2 Å². The Morgan fingerprint density at radius 2 is 2.44 bits per heavy atom. The van der Waals surface area contributed by atoms with Crippen molar-refractivity contribution in [3.05, 3.63) is 11.9 Å². The van der Waals surface area contributed by atoms with Crippen molar-refractivity contribution in [2.45, 2.75) is 32.7 Å². The maximum Gasteiger partial charge on any atom is 0.272 e. The summed E-state index contributed by atoms with van der Waals surface area (Å²) in [6.07, 6.45) is 3.89. The van der Waals surface area contributed by atoms with Gasteiger partial charge in [0.05, 0.1) is 17.9 Å². The number of nitrogens with one attached hydrogen (secondary N) is 2. The number of carbonyl (C=O) groups excluding carboxylic acids is 1. The van der Waals surface area contributed by atoms with E-state index in [1.165, 1.54) is 19.0 Å². The molecule has 2 heterocycles. The Bertz CT molecular complexity index is 382. The van der Waals surface area contributed by atoms with Crippen LogP contribution in [0.5, 0.6) is 0 Å². The van der Waals surface area contributed by atoms with E-state index in [-0.39, 0.29) is 23.7 Å². The van der Waals surface area contributed by atoms with Gasteiger partial charge in [-0.15, -0.1) is 12.4 Å². The average Bonchev–Trinajstić information content (AvgIpc) is 2.80. The molecule has 1 aliphatic rings. The van der Waals surface area contributed by atoms with Gasteiger partial charge in [-0.1, -0.05) is 13.8 Å². The predicted octanol–water partition coefficient (Wildman–Crippen LogP) is 1.47. The fourth-order valence-electron chi connectivity index (χ4n) is 2.17. The van der Waals surface area contributed by atoms with E-state index in [0.29, 0.717) is 18.3 Å². The number of piperidine rings is 1. The van der Waals surface area contributed by atoms with Crippen molar-refractivity contribution in [1.29, 1.82) is 0 Å². The highest BCUT2D eigenvalue weighted by Crippen LogP contribution is 2.29. The summed E-state index contributed by atoms with van der Waals surface area (Å²) >= 11 is 1.05. The molecule has 1 fully saturated rings. The fourth-order valence-corrected chi connectivity index (χ4v) is 2.58. The van der Waals surface area contributed by atoms with E-state index in [9.17, 15) is 4.79 Å². The number of carbonyl (C=O) groups is 1. The first kappa shape index (κ1) is 15.3. The summed E-state index contributed by atoms with van der Waals surface area (Å²) in [5.74, 6) is -0.137. The Hall–Kier alpha value is -0.720. The monoisotopic (exact) mass is 290 g/mol. The van der Waals surface area contributed by atoms with Crippen LogP contribution in [0.2, 0.25) is 0 Å². The number of hydrogen-bond acceptors (Lipinski definition) is 5. The van der Waals surface area contributed by atoms with Crippen molar-refractivity contribution < 1.29 is 4.79 Å². The largest absolute Gasteiger partial charge is 0.349 e. The molecule has 1 aliphatic heterocycles. The van der Waals surface area contributed by atoms with Crippen LogP contribution >= 0.6 is 24.1 Å². The zero-order valence-electron chi connectivity index (χ0n) is 10.6. The molecule has 2 rings (SSSR count). The summed E-state index contributed by atoms with van der Waals surface area (Å²) in [7, 11) is 0. The van der Waals surface area contributed by atoms with Crippen LogP contribution in [0.3, 0.4) is 0 Å². The first-order valence-corrected chi connectivity index (χ1v) is 6.62. The number of halogens is 1. The number of amides is 1. The van der Waals surface area contributed by atoms with Gasteiger partial charge in [-0.25, -0.2) is 0 Å². The Morgan fingerprint density at radius 1 is 1.67 bits per heavy atom. The molecule has 1 unspecified atom stereocenters. The summed E-state index contributed by atoms with van der Waals surface area (Å²) < 4.78 is 7.74. The number of aromatic nitrogens is 2. The van der Waals surface area contributed by atoms with Gasteiger partial charge in [-0.2, -0.15) is 8.75 Å². The lowest BCUT2D eigenvalue weighted by molar-refractivity contribution is 0.0925. The Labute approximate surface area is 117 Å². The molecule has 1 aromatic heterocycles. The Kier molecular flexibility index (Phi) is 5.49. The summed E-state index contributed by atoms with van der Waals surface area (Å²) in [5.41, 5.74) is 0.634. The molecule has 5 nitrogen and oxygen atoms in total. The van der Waals surface area contributed by atoms with Crippen LogP contribution in [0.4, 0.5) is 0 Å². The van der Waals surface area contributed by atoms with Crippen LogP contribution in [0.25, 0.3) is 0 Å². The smallest absolute Gasteiger partial charge is 0.272 e. The molecule has 0 spiro atoms.